The highest BCUT2D eigenvalue weighted by molar-refractivity contribution is 7.98. The number of carbonyl (C=O) groups is 3. The number of Topliss-reactive ketones (excluding diaryl/α,β-unsaturated/α-hetero) is 1. The Kier molecular flexibility index (Phi) is 11.9. The van der Waals surface area contributed by atoms with Gasteiger partial charge in [-0.15, -0.1) is 0 Å². The van der Waals surface area contributed by atoms with Crippen molar-refractivity contribution in [3.05, 3.63) is 35.4 Å². The summed E-state index contributed by atoms with van der Waals surface area (Å²) in [4.78, 5) is 39.3. The van der Waals surface area contributed by atoms with E-state index in [1.54, 1.807) is 11.8 Å². The quantitative estimate of drug-likeness (QED) is 0.162. The van der Waals surface area contributed by atoms with E-state index in [1.807, 2.05) is 44.4 Å². The number of esters is 1. The summed E-state index contributed by atoms with van der Waals surface area (Å²) in [6, 6.07) is 4.58. The molecule has 1 heterocycles. The lowest BCUT2D eigenvalue weighted by atomic mass is 9.83. The molecule has 0 spiro atoms. The number of nitrogens with two attached hydrogens (primary N) is 1. The molecule has 0 saturated heterocycles. The van der Waals surface area contributed by atoms with E-state index in [-0.39, 0.29) is 17.7 Å². The average Bonchev–Trinajstić information content (AvgIpc) is 2.84. The Hall–Kier alpha value is -1.24. The summed E-state index contributed by atoms with van der Waals surface area (Å²) in [5.74, 6) is 0.207. The number of amides is 1. The zero-order valence-electron chi connectivity index (χ0n) is 20.7. The molecule has 0 saturated carbocycles. The van der Waals surface area contributed by atoms with Gasteiger partial charge in [-0.3, -0.25) is 14.9 Å². The van der Waals surface area contributed by atoms with Crippen LogP contribution in [0.3, 0.4) is 0 Å². The highest BCUT2D eigenvalue weighted by Crippen LogP contribution is 2.30. The van der Waals surface area contributed by atoms with Crippen molar-refractivity contribution >= 4 is 54.7 Å². The third kappa shape index (κ3) is 8.40. The third-order valence-electron chi connectivity index (χ3n) is 5.98. The van der Waals surface area contributed by atoms with E-state index in [9.17, 15) is 14.4 Å². The molecular formula is C24H38N4O4S3. The minimum atomic E-state index is -0.749. The topological polar surface area (TPSA) is 123 Å². The lowest BCUT2D eigenvalue weighted by molar-refractivity contribution is -0.145. The van der Waals surface area contributed by atoms with E-state index in [1.165, 1.54) is 7.11 Å². The smallest absolute Gasteiger partial charge is 0.328 e. The van der Waals surface area contributed by atoms with E-state index in [0.29, 0.717) is 30.9 Å². The first-order valence-electron chi connectivity index (χ1n) is 11.6. The van der Waals surface area contributed by atoms with Crippen molar-refractivity contribution < 1.29 is 19.1 Å². The average molecular weight is 543 g/mol. The van der Waals surface area contributed by atoms with Gasteiger partial charge in [-0.2, -0.15) is 37.0 Å². The Bertz CT molecular complexity index is 881. The minimum absolute atomic E-state index is 0.131. The highest BCUT2D eigenvalue weighted by Gasteiger charge is 2.41. The molecule has 2 rings (SSSR count). The number of hydrogen-bond acceptors (Lipinski definition) is 10. The fraction of sp³-hybridized carbons (Fsp3) is 0.625. The van der Waals surface area contributed by atoms with E-state index in [0.717, 1.165) is 11.1 Å². The molecule has 1 aromatic carbocycles. The summed E-state index contributed by atoms with van der Waals surface area (Å²) in [6.07, 6.45) is 2.79. The molecule has 35 heavy (non-hydrogen) atoms. The van der Waals surface area contributed by atoms with Crippen LogP contribution in [0.25, 0.3) is 0 Å². The number of ketones is 1. The van der Waals surface area contributed by atoms with Gasteiger partial charge in [0.1, 0.15) is 6.04 Å². The van der Waals surface area contributed by atoms with Crippen molar-refractivity contribution in [2.24, 2.45) is 5.73 Å². The van der Waals surface area contributed by atoms with Gasteiger partial charge in [0.2, 0.25) is 5.91 Å². The summed E-state index contributed by atoms with van der Waals surface area (Å²) in [7, 11) is 1.30. The van der Waals surface area contributed by atoms with Crippen molar-refractivity contribution in [2.75, 3.05) is 31.4 Å². The summed E-state index contributed by atoms with van der Waals surface area (Å²) < 4.78 is 4.18. The van der Waals surface area contributed by atoms with Crippen molar-refractivity contribution in [1.29, 1.82) is 0 Å². The molecule has 1 aliphatic rings. The van der Waals surface area contributed by atoms with E-state index < -0.39 is 34.9 Å². The van der Waals surface area contributed by atoms with Crippen LogP contribution in [0.5, 0.6) is 0 Å². The lowest BCUT2D eigenvalue weighted by Crippen LogP contribution is -2.59. The van der Waals surface area contributed by atoms with E-state index in [2.05, 4.69) is 41.2 Å². The molecule has 0 aliphatic carbocycles. The van der Waals surface area contributed by atoms with Gasteiger partial charge >= 0.3 is 5.97 Å². The standard InChI is InChI=1S/C24H38N4O4S3/c1-24(2,34)21(26-12-15(25)13-33)20(29)19-16-8-6-5-7-14(16)11-18(27-19)22(30)28-17(9-10-35-4)23(31)32-3/h5-8,15,17-19,21,26-27,33-34H,9-13,25H2,1-4H3,(H,28,30)/t15-,17?,18+,19?,21?/m1/s1. The molecular weight excluding hydrogens is 504 g/mol. The largest absolute Gasteiger partial charge is 0.467 e. The molecule has 5 atom stereocenters. The van der Waals surface area contributed by atoms with Crippen LogP contribution in [0.15, 0.2) is 24.3 Å². The van der Waals surface area contributed by atoms with Crippen LogP contribution in [0.4, 0.5) is 0 Å². The van der Waals surface area contributed by atoms with Crippen LogP contribution in [-0.2, 0) is 25.5 Å². The number of methoxy groups -OCH3 is 1. The van der Waals surface area contributed by atoms with E-state index >= 15 is 0 Å². The fourth-order valence-corrected chi connectivity index (χ4v) is 4.89. The van der Waals surface area contributed by atoms with Gasteiger partial charge in [-0.25, -0.2) is 4.79 Å². The highest BCUT2D eigenvalue weighted by atomic mass is 32.2. The summed E-state index contributed by atoms with van der Waals surface area (Å²) in [5, 5.41) is 9.31. The second-order valence-electron chi connectivity index (χ2n) is 9.26. The predicted molar refractivity (Wildman–Crippen MR) is 148 cm³/mol. The maximum atomic E-state index is 13.9. The van der Waals surface area contributed by atoms with Gasteiger partial charge in [-0.05, 0) is 49.8 Å². The Morgan fingerprint density at radius 2 is 2.00 bits per heavy atom. The Morgan fingerprint density at radius 3 is 2.60 bits per heavy atom. The molecule has 1 aromatic rings. The molecule has 11 heteroatoms. The number of thioether (sulfide) groups is 1. The van der Waals surface area contributed by atoms with Crippen LogP contribution in [0.1, 0.15) is 37.4 Å². The molecule has 0 radical (unpaired) electrons. The van der Waals surface area contributed by atoms with Crippen molar-refractivity contribution in [1.82, 2.24) is 16.0 Å². The summed E-state index contributed by atoms with van der Waals surface area (Å²) >= 11 is 10.5. The van der Waals surface area contributed by atoms with Crippen molar-refractivity contribution in [3.63, 3.8) is 0 Å². The first-order chi connectivity index (χ1) is 16.5. The van der Waals surface area contributed by atoms with Crippen LogP contribution in [-0.4, -0.2) is 78.0 Å². The number of hydrogen-bond donors (Lipinski definition) is 6. The fourth-order valence-electron chi connectivity index (χ4n) is 4.07. The first-order valence-corrected chi connectivity index (χ1v) is 14.1. The maximum absolute atomic E-state index is 13.9. The minimum Gasteiger partial charge on any atom is -0.467 e. The van der Waals surface area contributed by atoms with Gasteiger partial charge < -0.3 is 21.1 Å². The second kappa shape index (κ2) is 13.9. The molecule has 3 unspecified atom stereocenters. The van der Waals surface area contributed by atoms with E-state index in [4.69, 9.17) is 10.5 Å². The summed E-state index contributed by atoms with van der Waals surface area (Å²) in [5.41, 5.74) is 7.75. The van der Waals surface area contributed by atoms with Gasteiger partial charge in [0.05, 0.1) is 25.2 Å². The Morgan fingerprint density at radius 1 is 1.31 bits per heavy atom. The van der Waals surface area contributed by atoms with Gasteiger partial charge in [0.15, 0.2) is 5.78 Å². The normalized spacial score (nSPS) is 20.3. The monoisotopic (exact) mass is 542 g/mol. The number of thiol groups is 2. The summed E-state index contributed by atoms with van der Waals surface area (Å²) in [6.45, 7) is 4.13. The van der Waals surface area contributed by atoms with Crippen molar-refractivity contribution in [2.45, 2.75) is 61.6 Å². The Labute approximate surface area is 223 Å². The zero-order valence-corrected chi connectivity index (χ0v) is 23.4. The number of ether oxygens (including phenoxy) is 1. The first kappa shape index (κ1) is 30.0. The molecule has 0 aromatic heterocycles. The molecule has 5 N–H and O–H groups in total. The second-order valence-corrected chi connectivity index (χ2v) is 11.8. The molecule has 1 amide bonds. The van der Waals surface area contributed by atoms with Gasteiger partial charge in [0, 0.05) is 23.1 Å². The third-order valence-corrected chi connectivity index (χ3v) is 7.35. The number of rotatable bonds is 13. The van der Waals surface area contributed by atoms with Gasteiger partial charge in [-0.1, -0.05) is 24.3 Å². The molecule has 1 aliphatic heterocycles. The van der Waals surface area contributed by atoms with Crippen molar-refractivity contribution in [3.8, 4) is 0 Å². The number of nitrogens with one attached hydrogen (secondary N) is 3. The lowest BCUT2D eigenvalue weighted by Gasteiger charge is -2.37. The maximum Gasteiger partial charge on any atom is 0.328 e. The number of carbonyl (C=O) groups excluding carboxylic acids is 3. The van der Waals surface area contributed by atoms with Crippen LogP contribution in [0.2, 0.25) is 0 Å². The van der Waals surface area contributed by atoms with Crippen LogP contribution >= 0.6 is 37.0 Å². The predicted octanol–water partition coefficient (Wildman–Crippen LogP) is 1.15. The van der Waals surface area contributed by atoms with Gasteiger partial charge in [0.25, 0.3) is 0 Å². The number of fused-ring (bicyclic) bond motifs is 1. The number of benzene rings is 1. The molecule has 8 nitrogen and oxygen atoms in total. The van der Waals surface area contributed by atoms with Crippen LogP contribution < -0.4 is 21.7 Å². The SMILES string of the molecule is COC(=O)C(CCSC)NC(=O)[C@@H]1Cc2ccccc2C(C(=O)C(NC[C@@H](N)CS)C(C)(C)S)N1. The Balaban J connectivity index is 2.30. The molecule has 196 valence electrons. The molecule has 0 bridgehead atoms. The van der Waals surface area contributed by atoms with Crippen LogP contribution in [0, 0.1) is 0 Å². The zero-order chi connectivity index (χ0) is 26.2. The molecule has 0 fully saturated rings.